The summed E-state index contributed by atoms with van der Waals surface area (Å²) in [6, 6.07) is 7.80. The van der Waals surface area contributed by atoms with Crippen LogP contribution in [-0.4, -0.2) is 61.4 Å². The normalized spacial score (nSPS) is 16.5. The number of rotatable bonds is 7. The summed E-state index contributed by atoms with van der Waals surface area (Å²) in [6.07, 6.45) is 0. The van der Waals surface area contributed by atoms with E-state index in [9.17, 15) is 9.59 Å². The smallest absolute Gasteiger partial charge is 0.234 e. The monoisotopic (exact) mass is 375 g/mol. The lowest BCUT2D eigenvalue weighted by atomic mass is 9.96. The summed E-state index contributed by atoms with van der Waals surface area (Å²) in [4.78, 5) is 28.7. The zero-order chi connectivity index (χ0) is 20.0. The second-order valence-electron chi connectivity index (χ2n) is 7.82. The molecule has 0 spiro atoms. The molecular weight excluding hydrogens is 342 g/mol. The molecule has 0 aliphatic carbocycles. The highest BCUT2D eigenvalue weighted by Crippen LogP contribution is 2.24. The van der Waals surface area contributed by atoms with Crippen LogP contribution in [0.5, 0.6) is 5.75 Å². The van der Waals surface area contributed by atoms with E-state index in [4.69, 9.17) is 4.74 Å². The fourth-order valence-corrected chi connectivity index (χ4v) is 3.36. The van der Waals surface area contributed by atoms with Gasteiger partial charge in [-0.2, -0.15) is 0 Å². The van der Waals surface area contributed by atoms with Crippen molar-refractivity contribution in [2.24, 2.45) is 11.8 Å². The molecule has 1 atom stereocenters. The van der Waals surface area contributed by atoms with E-state index in [1.165, 1.54) is 0 Å². The molecular formula is C21H33N3O3. The van der Waals surface area contributed by atoms with Gasteiger partial charge in [0.15, 0.2) is 0 Å². The molecule has 1 aromatic carbocycles. The number of carbonyl (C=O) groups is 2. The van der Waals surface area contributed by atoms with Crippen LogP contribution >= 0.6 is 0 Å². The van der Waals surface area contributed by atoms with Gasteiger partial charge in [-0.25, -0.2) is 0 Å². The number of benzene rings is 1. The molecule has 1 saturated heterocycles. The third kappa shape index (κ3) is 5.96. The molecule has 1 heterocycles. The van der Waals surface area contributed by atoms with Gasteiger partial charge in [0.2, 0.25) is 11.8 Å². The molecule has 0 saturated carbocycles. The van der Waals surface area contributed by atoms with E-state index in [1.807, 2.05) is 43.0 Å². The van der Waals surface area contributed by atoms with Gasteiger partial charge in [0.05, 0.1) is 19.7 Å². The van der Waals surface area contributed by atoms with Crippen LogP contribution in [0, 0.1) is 11.8 Å². The summed E-state index contributed by atoms with van der Waals surface area (Å²) in [6.45, 7) is 11.3. The summed E-state index contributed by atoms with van der Waals surface area (Å²) in [5, 5.41) is 3.17. The van der Waals surface area contributed by atoms with Crippen LogP contribution in [0.2, 0.25) is 0 Å². The highest BCUT2D eigenvalue weighted by molar-refractivity contribution is 5.79. The number of ether oxygens (including phenoxy) is 1. The van der Waals surface area contributed by atoms with Crippen LogP contribution in [0.4, 0.5) is 0 Å². The average Bonchev–Trinajstić information content (AvgIpc) is 2.66. The zero-order valence-corrected chi connectivity index (χ0v) is 17.2. The standard InChI is InChI=1S/C21H33N3O3/c1-15(2)20(17-6-8-18(27-5)9-7-17)22-19(25)14-23-10-12-24(13-11-23)21(26)16(3)4/h6-9,15-16,20H,10-14H2,1-5H3,(H,22,25). The zero-order valence-electron chi connectivity index (χ0n) is 17.2. The minimum Gasteiger partial charge on any atom is -0.497 e. The first-order valence-electron chi connectivity index (χ1n) is 9.76. The van der Waals surface area contributed by atoms with Gasteiger partial charge < -0.3 is 15.0 Å². The van der Waals surface area contributed by atoms with Gasteiger partial charge in [0, 0.05) is 32.1 Å². The topological polar surface area (TPSA) is 61.9 Å². The van der Waals surface area contributed by atoms with E-state index < -0.39 is 0 Å². The minimum absolute atomic E-state index is 0.0214. The van der Waals surface area contributed by atoms with Gasteiger partial charge in [-0.05, 0) is 23.6 Å². The van der Waals surface area contributed by atoms with Crippen molar-refractivity contribution in [2.45, 2.75) is 33.7 Å². The lowest BCUT2D eigenvalue weighted by molar-refractivity contribution is -0.136. The predicted octanol–water partition coefficient (Wildman–Crippen LogP) is 2.31. The molecule has 1 N–H and O–H groups in total. The predicted molar refractivity (Wildman–Crippen MR) is 107 cm³/mol. The number of nitrogens with one attached hydrogen (secondary N) is 1. The van der Waals surface area contributed by atoms with Gasteiger partial charge in [-0.1, -0.05) is 39.8 Å². The maximum absolute atomic E-state index is 12.6. The van der Waals surface area contributed by atoms with Crippen molar-refractivity contribution >= 4 is 11.8 Å². The first-order chi connectivity index (χ1) is 12.8. The molecule has 0 bridgehead atoms. The van der Waals surface area contributed by atoms with Crippen molar-refractivity contribution < 1.29 is 14.3 Å². The molecule has 150 valence electrons. The van der Waals surface area contributed by atoms with E-state index in [1.54, 1.807) is 7.11 Å². The van der Waals surface area contributed by atoms with Crippen molar-refractivity contribution in [1.82, 2.24) is 15.1 Å². The molecule has 2 amide bonds. The fraction of sp³-hybridized carbons (Fsp3) is 0.619. The molecule has 1 aliphatic rings. The Balaban J connectivity index is 1.88. The summed E-state index contributed by atoms with van der Waals surface area (Å²) in [5.74, 6) is 1.33. The largest absolute Gasteiger partial charge is 0.497 e. The van der Waals surface area contributed by atoms with E-state index in [-0.39, 0.29) is 29.7 Å². The number of hydrogen-bond acceptors (Lipinski definition) is 4. The third-order valence-electron chi connectivity index (χ3n) is 5.00. The maximum Gasteiger partial charge on any atom is 0.234 e. The number of hydrogen-bond donors (Lipinski definition) is 1. The Labute approximate surface area is 162 Å². The van der Waals surface area contributed by atoms with E-state index in [0.29, 0.717) is 19.6 Å². The van der Waals surface area contributed by atoms with Crippen LogP contribution in [-0.2, 0) is 9.59 Å². The Morgan fingerprint density at radius 2 is 1.63 bits per heavy atom. The third-order valence-corrected chi connectivity index (χ3v) is 5.00. The number of nitrogens with zero attached hydrogens (tertiary/aromatic N) is 2. The van der Waals surface area contributed by atoms with Crippen molar-refractivity contribution in [3.8, 4) is 5.75 Å². The van der Waals surface area contributed by atoms with Gasteiger partial charge >= 0.3 is 0 Å². The quantitative estimate of drug-likeness (QED) is 0.794. The SMILES string of the molecule is COc1ccc(C(NC(=O)CN2CCN(C(=O)C(C)C)CC2)C(C)C)cc1. The molecule has 2 rings (SSSR count). The Bertz CT molecular complexity index is 620. The average molecular weight is 376 g/mol. The maximum atomic E-state index is 12.6. The second kappa shape index (κ2) is 9.74. The lowest BCUT2D eigenvalue weighted by Crippen LogP contribution is -2.52. The Hall–Kier alpha value is -2.08. The number of carbonyl (C=O) groups excluding carboxylic acids is 2. The Kier molecular flexibility index (Phi) is 7.66. The summed E-state index contributed by atoms with van der Waals surface area (Å²) in [5.41, 5.74) is 1.08. The highest BCUT2D eigenvalue weighted by Gasteiger charge is 2.25. The van der Waals surface area contributed by atoms with Gasteiger partial charge in [0.1, 0.15) is 5.75 Å². The van der Waals surface area contributed by atoms with E-state index in [0.717, 1.165) is 24.4 Å². The Morgan fingerprint density at radius 1 is 1.04 bits per heavy atom. The van der Waals surface area contributed by atoms with Crippen LogP contribution < -0.4 is 10.1 Å². The van der Waals surface area contributed by atoms with E-state index in [2.05, 4.69) is 24.1 Å². The minimum atomic E-state index is -0.0350. The molecule has 1 fully saturated rings. The molecule has 6 heteroatoms. The fourth-order valence-electron chi connectivity index (χ4n) is 3.36. The summed E-state index contributed by atoms with van der Waals surface area (Å²) in [7, 11) is 1.64. The lowest BCUT2D eigenvalue weighted by Gasteiger charge is -2.35. The van der Waals surface area contributed by atoms with Crippen LogP contribution in [0.15, 0.2) is 24.3 Å². The molecule has 27 heavy (non-hydrogen) atoms. The molecule has 6 nitrogen and oxygen atoms in total. The Morgan fingerprint density at radius 3 is 2.11 bits per heavy atom. The molecule has 1 aromatic rings. The van der Waals surface area contributed by atoms with Gasteiger partial charge in [0.25, 0.3) is 0 Å². The number of methoxy groups -OCH3 is 1. The van der Waals surface area contributed by atoms with Crippen molar-refractivity contribution in [2.75, 3.05) is 39.8 Å². The van der Waals surface area contributed by atoms with E-state index >= 15 is 0 Å². The molecule has 0 radical (unpaired) electrons. The molecule has 0 aromatic heterocycles. The van der Waals surface area contributed by atoms with Gasteiger partial charge in [-0.3, -0.25) is 14.5 Å². The molecule has 1 unspecified atom stereocenters. The first-order valence-corrected chi connectivity index (χ1v) is 9.76. The van der Waals surface area contributed by atoms with Crippen molar-refractivity contribution in [1.29, 1.82) is 0 Å². The van der Waals surface area contributed by atoms with Crippen LogP contribution in [0.1, 0.15) is 39.3 Å². The van der Waals surface area contributed by atoms with Gasteiger partial charge in [-0.15, -0.1) is 0 Å². The van der Waals surface area contributed by atoms with Crippen molar-refractivity contribution in [3.63, 3.8) is 0 Å². The highest BCUT2D eigenvalue weighted by atomic mass is 16.5. The number of piperazine rings is 1. The first kappa shape index (κ1) is 21.2. The number of amides is 2. The molecule has 1 aliphatic heterocycles. The van der Waals surface area contributed by atoms with Crippen LogP contribution in [0.25, 0.3) is 0 Å². The van der Waals surface area contributed by atoms with Crippen molar-refractivity contribution in [3.05, 3.63) is 29.8 Å². The van der Waals surface area contributed by atoms with Crippen LogP contribution in [0.3, 0.4) is 0 Å². The summed E-state index contributed by atoms with van der Waals surface area (Å²) >= 11 is 0. The summed E-state index contributed by atoms with van der Waals surface area (Å²) < 4.78 is 5.21. The second-order valence-corrected chi connectivity index (χ2v) is 7.82.